The van der Waals surface area contributed by atoms with Crippen molar-refractivity contribution in [3.8, 4) is 0 Å². The molecule has 0 radical (unpaired) electrons. The van der Waals surface area contributed by atoms with E-state index in [-0.39, 0.29) is 18.3 Å². The smallest absolute Gasteiger partial charge is 0.417 e. The van der Waals surface area contributed by atoms with E-state index in [0.29, 0.717) is 37.3 Å². The van der Waals surface area contributed by atoms with Gasteiger partial charge in [-0.3, -0.25) is 9.59 Å². The molecule has 1 aromatic heterocycles. The van der Waals surface area contributed by atoms with Gasteiger partial charge in [-0.15, -0.1) is 0 Å². The summed E-state index contributed by atoms with van der Waals surface area (Å²) in [5.74, 6) is -0.541. The molecule has 0 amide bonds. The minimum Gasteiger partial charge on any atom is -0.457 e. The number of halogens is 3. The number of Topliss-reactive ketones (excluding diaryl/α,β-unsaturated/α-hetero) is 1. The monoisotopic (exact) mass is 448 g/mol. The number of carbonyl (C=O) groups is 2. The van der Waals surface area contributed by atoms with Crippen LogP contribution in [0.4, 0.5) is 19.0 Å². The number of hydrogen-bond donors (Lipinski definition) is 0. The van der Waals surface area contributed by atoms with Crippen LogP contribution in [0.1, 0.15) is 51.0 Å². The number of piperidine rings is 1. The molecule has 0 aliphatic carbocycles. The number of anilines is 1. The summed E-state index contributed by atoms with van der Waals surface area (Å²) in [7, 11) is 0. The molecule has 1 aromatic carbocycles. The molecule has 1 aliphatic heterocycles. The summed E-state index contributed by atoms with van der Waals surface area (Å²) in [6, 6.07) is 4.38. The van der Waals surface area contributed by atoms with Gasteiger partial charge in [-0.2, -0.15) is 13.2 Å². The molecular formula is C24H27F3N2O3. The van der Waals surface area contributed by atoms with Crippen LogP contribution < -0.4 is 4.90 Å². The van der Waals surface area contributed by atoms with E-state index in [4.69, 9.17) is 4.74 Å². The minimum absolute atomic E-state index is 0.216. The minimum atomic E-state index is -4.42. The lowest BCUT2D eigenvalue weighted by Gasteiger charge is -2.31. The average Bonchev–Trinajstić information content (AvgIpc) is 2.76. The first-order valence-corrected chi connectivity index (χ1v) is 10.5. The second kappa shape index (κ2) is 9.30. The Kier molecular flexibility index (Phi) is 6.91. The van der Waals surface area contributed by atoms with Crippen LogP contribution in [0.2, 0.25) is 0 Å². The number of hydrogen-bond acceptors (Lipinski definition) is 5. The SMILES string of the molecule is Cc1cc(C)c(C)c(C(=O)COC(=O)C2CCN(c3ccc(C(F)(F)F)cn3)CC2)c1C. The van der Waals surface area contributed by atoms with E-state index in [0.717, 1.165) is 34.5 Å². The van der Waals surface area contributed by atoms with Crippen LogP contribution in [-0.2, 0) is 15.7 Å². The van der Waals surface area contributed by atoms with Crippen molar-refractivity contribution in [3.05, 3.63) is 57.8 Å². The number of carbonyl (C=O) groups excluding carboxylic acids is 2. The number of ketones is 1. The van der Waals surface area contributed by atoms with Crippen LogP contribution in [0.5, 0.6) is 0 Å². The van der Waals surface area contributed by atoms with E-state index in [1.807, 2.05) is 38.7 Å². The zero-order valence-electron chi connectivity index (χ0n) is 18.7. The third-order valence-electron chi connectivity index (χ3n) is 6.22. The third kappa shape index (κ3) is 5.11. The lowest BCUT2D eigenvalue weighted by molar-refractivity contribution is -0.148. The molecule has 0 unspecified atom stereocenters. The quantitative estimate of drug-likeness (QED) is 0.477. The molecular weight excluding hydrogens is 421 g/mol. The molecule has 5 nitrogen and oxygen atoms in total. The van der Waals surface area contributed by atoms with Crippen molar-refractivity contribution in [2.24, 2.45) is 5.92 Å². The summed E-state index contributed by atoms with van der Waals surface area (Å²) in [6.07, 6.45) is -2.64. The van der Waals surface area contributed by atoms with Crippen molar-refractivity contribution in [1.29, 1.82) is 0 Å². The number of rotatable bonds is 5. The van der Waals surface area contributed by atoms with Gasteiger partial charge in [-0.05, 0) is 74.9 Å². The first-order chi connectivity index (χ1) is 15.0. The topological polar surface area (TPSA) is 59.5 Å². The highest BCUT2D eigenvalue weighted by Crippen LogP contribution is 2.30. The number of ether oxygens (including phenoxy) is 1. The van der Waals surface area contributed by atoms with Crippen LogP contribution in [0.3, 0.4) is 0 Å². The van der Waals surface area contributed by atoms with Gasteiger partial charge in [0.1, 0.15) is 5.82 Å². The summed E-state index contributed by atoms with van der Waals surface area (Å²) >= 11 is 0. The lowest BCUT2D eigenvalue weighted by Crippen LogP contribution is -2.37. The van der Waals surface area contributed by atoms with Crippen LogP contribution in [-0.4, -0.2) is 36.4 Å². The first kappa shape index (κ1) is 23.8. The van der Waals surface area contributed by atoms with Crippen LogP contribution >= 0.6 is 0 Å². The van der Waals surface area contributed by atoms with E-state index in [1.165, 1.54) is 6.07 Å². The normalized spacial score (nSPS) is 15.0. The summed E-state index contributed by atoms with van der Waals surface area (Å²) in [5.41, 5.74) is 3.65. The van der Waals surface area contributed by atoms with Gasteiger partial charge in [-0.1, -0.05) is 6.07 Å². The number of esters is 1. The zero-order chi connectivity index (χ0) is 23.6. The predicted molar refractivity (Wildman–Crippen MR) is 115 cm³/mol. The predicted octanol–water partition coefficient (Wildman–Crippen LogP) is 4.98. The van der Waals surface area contributed by atoms with E-state index in [9.17, 15) is 22.8 Å². The number of benzene rings is 1. The summed E-state index contributed by atoms with van der Waals surface area (Å²) in [5, 5.41) is 0. The maximum Gasteiger partial charge on any atom is 0.417 e. The van der Waals surface area contributed by atoms with Gasteiger partial charge in [0.2, 0.25) is 5.78 Å². The van der Waals surface area contributed by atoms with Crippen molar-refractivity contribution < 1.29 is 27.5 Å². The fraction of sp³-hybridized carbons (Fsp3) is 0.458. The molecule has 0 atom stereocenters. The highest BCUT2D eigenvalue weighted by atomic mass is 19.4. The molecule has 1 fully saturated rings. The van der Waals surface area contributed by atoms with Gasteiger partial charge in [0.05, 0.1) is 11.5 Å². The van der Waals surface area contributed by atoms with Gasteiger partial charge in [-0.25, -0.2) is 4.98 Å². The maximum absolute atomic E-state index is 12.7. The van der Waals surface area contributed by atoms with E-state index in [1.54, 1.807) is 0 Å². The first-order valence-electron chi connectivity index (χ1n) is 10.5. The summed E-state index contributed by atoms with van der Waals surface area (Å²) < 4.78 is 43.4. The van der Waals surface area contributed by atoms with Crippen LogP contribution in [0.15, 0.2) is 24.4 Å². The number of aryl methyl sites for hydroxylation is 2. The number of pyridine rings is 1. The van der Waals surface area contributed by atoms with E-state index < -0.39 is 17.7 Å². The molecule has 32 heavy (non-hydrogen) atoms. The Morgan fingerprint density at radius 3 is 2.16 bits per heavy atom. The van der Waals surface area contributed by atoms with Crippen molar-refractivity contribution in [2.45, 2.75) is 46.7 Å². The van der Waals surface area contributed by atoms with Gasteiger partial charge < -0.3 is 9.64 Å². The van der Waals surface area contributed by atoms with E-state index in [2.05, 4.69) is 4.98 Å². The van der Waals surface area contributed by atoms with Gasteiger partial charge >= 0.3 is 12.1 Å². The fourth-order valence-electron chi connectivity index (χ4n) is 4.05. The number of alkyl halides is 3. The van der Waals surface area contributed by atoms with Gasteiger partial charge in [0.15, 0.2) is 6.61 Å². The van der Waals surface area contributed by atoms with Gasteiger partial charge in [0, 0.05) is 24.8 Å². The molecule has 1 saturated heterocycles. The largest absolute Gasteiger partial charge is 0.457 e. The van der Waals surface area contributed by atoms with Crippen molar-refractivity contribution >= 4 is 17.6 Å². The molecule has 1 aliphatic rings. The van der Waals surface area contributed by atoms with Crippen LogP contribution in [0.25, 0.3) is 0 Å². The molecule has 172 valence electrons. The standard InChI is InChI=1S/C24H27F3N2O3/c1-14-11-15(2)17(4)22(16(14)3)20(30)13-32-23(31)18-7-9-29(10-8-18)21-6-5-19(12-28-21)24(25,26)27/h5-6,11-12,18H,7-10,13H2,1-4H3. The lowest BCUT2D eigenvalue weighted by atomic mass is 9.92. The molecule has 0 spiro atoms. The third-order valence-corrected chi connectivity index (χ3v) is 6.22. The second-order valence-corrected chi connectivity index (χ2v) is 8.33. The Bertz CT molecular complexity index is 982. The average molecular weight is 448 g/mol. The number of nitrogens with zero attached hydrogens (tertiary/aromatic N) is 2. The fourth-order valence-corrected chi connectivity index (χ4v) is 4.05. The van der Waals surface area contributed by atoms with E-state index >= 15 is 0 Å². The van der Waals surface area contributed by atoms with Crippen LogP contribution in [0, 0.1) is 33.6 Å². The Morgan fingerprint density at radius 2 is 1.66 bits per heavy atom. The number of aromatic nitrogens is 1. The molecule has 8 heteroatoms. The second-order valence-electron chi connectivity index (χ2n) is 8.33. The Hall–Kier alpha value is -2.90. The Balaban J connectivity index is 1.55. The summed E-state index contributed by atoms with van der Waals surface area (Å²) in [4.78, 5) is 31.0. The molecule has 2 aromatic rings. The molecule has 2 heterocycles. The van der Waals surface area contributed by atoms with Gasteiger partial charge in [0.25, 0.3) is 0 Å². The van der Waals surface area contributed by atoms with Crippen molar-refractivity contribution in [3.63, 3.8) is 0 Å². The maximum atomic E-state index is 12.7. The molecule has 3 rings (SSSR count). The highest BCUT2D eigenvalue weighted by molar-refractivity contribution is 6.01. The van der Waals surface area contributed by atoms with Crippen molar-refractivity contribution in [2.75, 3.05) is 24.6 Å². The molecule has 0 saturated carbocycles. The molecule has 0 N–H and O–H groups in total. The Morgan fingerprint density at radius 1 is 1.06 bits per heavy atom. The summed E-state index contributed by atoms with van der Waals surface area (Å²) in [6.45, 7) is 8.32. The Labute approximate surface area is 185 Å². The highest BCUT2D eigenvalue weighted by Gasteiger charge is 2.32. The molecule has 0 bridgehead atoms. The zero-order valence-corrected chi connectivity index (χ0v) is 18.7. The van der Waals surface area contributed by atoms with Crippen molar-refractivity contribution in [1.82, 2.24) is 4.98 Å².